The maximum absolute atomic E-state index is 13.8. The first kappa shape index (κ1) is 23.7. The van der Waals surface area contributed by atoms with Gasteiger partial charge in [0.15, 0.2) is 0 Å². The summed E-state index contributed by atoms with van der Waals surface area (Å²) in [6.45, 7) is 0.374. The number of carbonyl (C=O) groups is 1. The topological polar surface area (TPSA) is 64.7 Å². The van der Waals surface area contributed by atoms with E-state index in [0.29, 0.717) is 22.8 Å². The van der Waals surface area contributed by atoms with Crippen LogP contribution < -0.4 is 5.32 Å². The van der Waals surface area contributed by atoms with E-state index in [2.05, 4.69) is 10.4 Å². The SMILES string of the molecule is O=C(Nc1cnn(Cc2ccc(F)cc2Cl)c1)c1cn(-c2ccccc2)nc1C12CC3CC(CC(C3)C1)C2. The fraction of sp³-hybridized carbons (Fsp3) is 0.367. The molecule has 2 aromatic heterocycles. The highest BCUT2D eigenvalue weighted by Crippen LogP contribution is 2.61. The lowest BCUT2D eigenvalue weighted by atomic mass is 9.48. The molecule has 8 rings (SSSR count). The van der Waals surface area contributed by atoms with Gasteiger partial charge in [-0.05, 0) is 86.1 Å². The van der Waals surface area contributed by atoms with E-state index < -0.39 is 0 Å². The van der Waals surface area contributed by atoms with Crippen molar-refractivity contribution in [2.24, 2.45) is 17.8 Å². The van der Waals surface area contributed by atoms with E-state index in [4.69, 9.17) is 16.7 Å². The van der Waals surface area contributed by atoms with Gasteiger partial charge in [0, 0.05) is 22.8 Å². The average Bonchev–Trinajstić information content (AvgIpc) is 3.53. The second-order valence-corrected chi connectivity index (χ2v) is 11.9. The minimum Gasteiger partial charge on any atom is -0.319 e. The van der Waals surface area contributed by atoms with Gasteiger partial charge in [-0.15, -0.1) is 0 Å². The molecule has 0 atom stereocenters. The van der Waals surface area contributed by atoms with E-state index in [1.54, 1.807) is 23.1 Å². The number of carbonyl (C=O) groups excluding carboxylic acids is 1. The van der Waals surface area contributed by atoms with Gasteiger partial charge in [-0.2, -0.15) is 10.2 Å². The Morgan fingerprint density at radius 1 is 1.03 bits per heavy atom. The van der Waals surface area contributed by atoms with Crippen LogP contribution in [0.3, 0.4) is 0 Å². The normalized spacial score (nSPS) is 25.6. The van der Waals surface area contributed by atoms with Crippen molar-refractivity contribution in [3.05, 3.63) is 94.8 Å². The molecule has 0 aliphatic heterocycles. The van der Waals surface area contributed by atoms with Crippen LogP contribution in [0.15, 0.2) is 67.1 Å². The van der Waals surface area contributed by atoms with Crippen molar-refractivity contribution in [2.75, 3.05) is 5.32 Å². The number of hydrogen-bond donors (Lipinski definition) is 1. The molecule has 194 valence electrons. The summed E-state index contributed by atoms with van der Waals surface area (Å²) in [5, 5.41) is 12.9. The molecule has 0 radical (unpaired) electrons. The molecule has 4 saturated carbocycles. The minimum atomic E-state index is -0.377. The van der Waals surface area contributed by atoms with E-state index in [9.17, 15) is 9.18 Å². The van der Waals surface area contributed by atoms with E-state index in [1.165, 1.54) is 31.4 Å². The van der Waals surface area contributed by atoms with Crippen LogP contribution in [0.25, 0.3) is 5.69 Å². The first-order chi connectivity index (χ1) is 18.4. The van der Waals surface area contributed by atoms with Gasteiger partial charge in [-0.25, -0.2) is 9.07 Å². The van der Waals surface area contributed by atoms with E-state index in [-0.39, 0.29) is 17.1 Å². The number of amides is 1. The second kappa shape index (κ2) is 9.09. The van der Waals surface area contributed by atoms with Crippen molar-refractivity contribution >= 4 is 23.2 Å². The molecule has 6 nitrogen and oxygen atoms in total. The Morgan fingerprint density at radius 2 is 1.74 bits per heavy atom. The maximum atomic E-state index is 13.8. The third-order valence-corrected chi connectivity index (χ3v) is 9.11. The molecule has 2 heterocycles. The standard InChI is InChI=1S/C30H29ClFN5O/c31-27-11-23(32)7-6-22(27)16-36-17-24(15-33-36)34-29(38)26-18-37(25-4-2-1-3-5-25)35-28(26)30-12-19-8-20(13-30)10-21(9-19)14-30/h1-7,11,15,17-21H,8-10,12-14,16H2,(H,34,38). The largest absolute Gasteiger partial charge is 0.319 e. The molecule has 4 aromatic rings. The smallest absolute Gasteiger partial charge is 0.259 e. The maximum Gasteiger partial charge on any atom is 0.259 e. The Labute approximate surface area is 225 Å². The summed E-state index contributed by atoms with van der Waals surface area (Å²) in [4.78, 5) is 13.8. The van der Waals surface area contributed by atoms with Gasteiger partial charge in [0.05, 0.1) is 35.4 Å². The summed E-state index contributed by atoms with van der Waals surface area (Å²) in [7, 11) is 0. The second-order valence-electron chi connectivity index (χ2n) is 11.5. The van der Waals surface area contributed by atoms with E-state index in [0.717, 1.165) is 54.0 Å². The zero-order valence-corrected chi connectivity index (χ0v) is 21.7. The van der Waals surface area contributed by atoms with Crippen LogP contribution in [-0.4, -0.2) is 25.5 Å². The monoisotopic (exact) mass is 529 g/mol. The van der Waals surface area contributed by atoms with Crippen LogP contribution in [-0.2, 0) is 12.0 Å². The number of anilines is 1. The molecule has 4 bridgehead atoms. The first-order valence-electron chi connectivity index (χ1n) is 13.4. The number of para-hydroxylation sites is 1. The molecular weight excluding hydrogens is 501 g/mol. The number of nitrogens with one attached hydrogen (secondary N) is 1. The summed E-state index contributed by atoms with van der Waals surface area (Å²) in [6.07, 6.45) is 12.7. The molecule has 2 aromatic carbocycles. The quantitative estimate of drug-likeness (QED) is 0.305. The van der Waals surface area contributed by atoms with Gasteiger partial charge >= 0.3 is 0 Å². The predicted molar refractivity (Wildman–Crippen MR) is 144 cm³/mol. The summed E-state index contributed by atoms with van der Waals surface area (Å²) in [5.41, 5.74) is 3.86. The lowest BCUT2D eigenvalue weighted by Gasteiger charge is -2.56. The zero-order chi connectivity index (χ0) is 25.9. The van der Waals surface area contributed by atoms with E-state index in [1.807, 2.05) is 41.2 Å². The molecule has 0 saturated heterocycles. The van der Waals surface area contributed by atoms with Crippen molar-refractivity contribution in [2.45, 2.75) is 50.5 Å². The molecule has 1 N–H and O–H groups in total. The highest BCUT2D eigenvalue weighted by Gasteiger charge is 2.53. The van der Waals surface area contributed by atoms with Crippen LogP contribution in [0.2, 0.25) is 5.02 Å². The Kier molecular flexibility index (Phi) is 5.65. The number of benzene rings is 2. The lowest BCUT2D eigenvalue weighted by Crippen LogP contribution is -2.49. The third kappa shape index (κ3) is 4.23. The summed E-state index contributed by atoms with van der Waals surface area (Å²) in [6, 6.07) is 14.3. The third-order valence-electron chi connectivity index (χ3n) is 8.76. The molecule has 4 fully saturated rings. The van der Waals surface area contributed by atoms with Crippen LogP contribution in [0, 0.1) is 23.6 Å². The number of nitrogens with zero attached hydrogens (tertiary/aromatic N) is 4. The van der Waals surface area contributed by atoms with Crippen LogP contribution in [0.5, 0.6) is 0 Å². The molecule has 8 heteroatoms. The van der Waals surface area contributed by atoms with Gasteiger partial charge in [0.2, 0.25) is 0 Å². The highest BCUT2D eigenvalue weighted by atomic mass is 35.5. The number of rotatable bonds is 6. The Bertz CT molecular complexity index is 1470. The molecular formula is C30H29ClFN5O. The average molecular weight is 530 g/mol. The Hall–Kier alpha value is -3.45. The summed E-state index contributed by atoms with van der Waals surface area (Å²) < 4.78 is 17.0. The summed E-state index contributed by atoms with van der Waals surface area (Å²) >= 11 is 6.19. The fourth-order valence-electron chi connectivity index (χ4n) is 7.58. The van der Waals surface area contributed by atoms with Gasteiger partial charge in [0.1, 0.15) is 5.82 Å². The van der Waals surface area contributed by atoms with Crippen molar-refractivity contribution in [3.63, 3.8) is 0 Å². The van der Waals surface area contributed by atoms with Crippen molar-refractivity contribution in [1.82, 2.24) is 19.6 Å². The van der Waals surface area contributed by atoms with E-state index >= 15 is 0 Å². The first-order valence-corrected chi connectivity index (χ1v) is 13.8. The number of hydrogen-bond acceptors (Lipinski definition) is 3. The molecule has 0 unspecified atom stereocenters. The van der Waals surface area contributed by atoms with Crippen molar-refractivity contribution < 1.29 is 9.18 Å². The van der Waals surface area contributed by atoms with Gasteiger partial charge in [-0.1, -0.05) is 35.9 Å². The van der Waals surface area contributed by atoms with Crippen molar-refractivity contribution in [1.29, 1.82) is 0 Å². The Morgan fingerprint density at radius 3 is 2.42 bits per heavy atom. The predicted octanol–water partition coefficient (Wildman–Crippen LogP) is 6.63. The highest BCUT2D eigenvalue weighted by molar-refractivity contribution is 6.31. The Balaban J connectivity index is 1.19. The number of halogens is 2. The van der Waals surface area contributed by atoms with Crippen molar-refractivity contribution in [3.8, 4) is 5.69 Å². The minimum absolute atomic E-state index is 0.0228. The molecule has 4 aliphatic carbocycles. The molecule has 38 heavy (non-hydrogen) atoms. The number of aromatic nitrogens is 4. The molecule has 0 spiro atoms. The van der Waals surface area contributed by atoms with Crippen LogP contribution in [0.1, 0.15) is 60.1 Å². The van der Waals surface area contributed by atoms with Crippen LogP contribution in [0.4, 0.5) is 10.1 Å². The summed E-state index contributed by atoms with van der Waals surface area (Å²) in [5.74, 6) is 1.69. The zero-order valence-electron chi connectivity index (χ0n) is 21.0. The van der Waals surface area contributed by atoms with Gasteiger partial charge in [-0.3, -0.25) is 9.48 Å². The van der Waals surface area contributed by atoms with Crippen LogP contribution >= 0.6 is 11.6 Å². The van der Waals surface area contributed by atoms with Gasteiger partial charge < -0.3 is 5.32 Å². The molecule has 1 amide bonds. The molecule has 4 aliphatic rings. The van der Waals surface area contributed by atoms with Gasteiger partial charge in [0.25, 0.3) is 5.91 Å². The lowest BCUT2D eigenvalue weighted by molar-refractivity contribution is -0.00765. The fourth-order valence-corrected chi connectivity index (χ4v) is 7.81.